The van der Waals surface area contributed by atoms with Gasteiger partial charge in [-0.05, 0) is 17.5 Å². The first kappa shape index (κ1) is 20.6. The number of hydrogen-bond donors (Lipinski definition) is 3. The van der Waals surface area contributed by atoms with E-state index in [2.05, 4.69) is 15.0 Å². The van der Waals surface area contributed by atoms with Crippen LogP contribution in [0.3, 0.4) is 0 Å². The highest BCUT2D eigenvalue weighted by Crippen LogP contribution is 2.40. The minimum absolute atomic E-state index is 0.0943. The molecule has 0 aromatic carbocycles. The summed E-state index contributed by atoms with van der Waals surface area (Å²) in [4.78, 5) is 29.8. The van der Waals surface area contributed by atoms with Crippen molar-refractivity contribution in [2.45, 2.75) is 44.1 Å². The lowest BCUT2D eigenvalue weighted by Crippen LogP contribution is -2.47. The molecule has 12 nitrogen and oxygen atoms in total. The smallest absolute Gasteiger partial charge is 0.351 e. The van der Waals surface area contributed by atoms with E-state index in [1.165, 1.54) is 6.07 Å². The normalized spacial score (nSPS) is 28.6. The topological polar surface area (TPSA) is 191 Å². The molecule has 148 valence electrons. The van der Waals surface area contributed by atoms with Crippen molar-refractivity contribution in [3.63, 3.8) is 0 Å². The largest absolute Gasteiger partial charge is 0.461 e. The number of alkyl halides is 1. The molecule has 0 radical (unpaired) electrons. The Balaban J connectivity index is 2.30. The van der Waals surface area contributed by atoms with E-state index in [-0.39, 0.29) is 11.7 Å². The van der Waals surface area contributed by atoms with Crippen LogP contribution in [-0.2, 0) is 14.3 Å². The fourth-order valence-corrected chi connectivity index (χ4v) is 2.43. The Labute approximate surface area is 152 Å². The predicted molar refractivity (Wildman–Crippen MR) is 89.6 cm³/mol. The fraction of sp³-hybridized carbons (Fsp3) is 0.643. The molecule has 0 spiro atoms. The molecular weight excluding hydrogens is 365 g/mol. The van der Waals surface area contributed by atoms with E-state index in [4.69, 9.17) is 26.5 Å². The number of ether oxygens (including phenoxy) is 2. The number of nitrogens with two attached hydrogens (primary N) is 2. The molecule has 1 unspecified atom stereocenters. The average molecular weight is 385 g/mol. The second kappa shape index (κ2) is 7.88. The number of rotatable bonds is 6. The first-order valence-corrected chi connectivity index (χ1v) is 7.96. The van der Waals surface area contributed by atoms with Gasteiger partial charge in [-0.15, -0.1) is 0 Å². The lowest BCUT2D eigenvalue weighted by atomic mass is 10.1. The Morgan fingerprint density at radius 1 is 1.67 bits per heavy atom. The Hall–Kier alpha value is -2.73. The Morgan fingerprint density at radius 3 is 2.89 bits per heavy atom. The molecule has 13 heteroatoms. The Bertz CT molecular complexity index is 811. The van der Waals surface area contributed by atoms with E-state index in [1.54, 1.807) is 13.8 Å². The van der Waals surface area contributed by atoms with Crippen LogP contribution in [0.4, 0.5) is 10.2 Å². The van der Waals surface area contributed by atoms with Crippen LogP contribution >= 0.6 is 0 Å². The summed E-state index contributed by atoms with van der Waals surface area (Å²) in [5.74, 6) is -1.19. The number of halogens is 1. The fourth-order valence-electron chi connectivity index (χ4n) is 2.43. The third kappa shape index (κ3) is 4.01. The van der Waals surface area contributed by atoms with Gasteiger partial charge in [0.05, 0.1) is 0 Å². The number of azide groups is 1. The lowest BCUT2D eigenvalue weighted by molar-refractivity contribution is -0.167. The zero-order valence-electron chi connectivity index (χ0n) is 14.6. The van der Waals surface area contributed by atoms with E-state index in [9.17, 15) is 19.1 Å². The van der Waals surface area contributed by atoms with Crippen molar-refractivity contribution in [2.24, 2.45) is 16.8 Å². The number of carbonyl (C=O) groups is 1. The monoisotopic (exact) mass is 385 g/mol. The summed E-state index contributed by atoms with van der Waals surface area (Å²) < 4.78 is 25.7. The van der Waals surface area contributed by atoms with E-state index < -0.39 is 48.5 Å². The number of aliphatic hydroxyl groups excluding tert-OH is 1. The quantitative estimate of drug-likeness (QED) is 0.254. The molecule has 2 heterocycles. The van der Waals surface area contributed by atoms with Crippen LogP contribution < -0.4 is 17.2 Å². The SMILES string of the molecule is CC(C)C(N)C(=O)OC[C@@]1(N=[N+]=[N-])O[C@@H](n2ccc(N)nc2=O)[C@H](F)[C@@H]1O. The second-order valence-electron chi connectivity index (χ2n) is 6.35. The maximum Gasteiger partial charge on any atom is 0.351 e. The first-order valence-electron chi connectivity index (χ1n) is 7.96. The van der Waals surface area contributed by atoms with Gasteiger partial charge in [0.25, 0.3) is 0 Å². The molecule has 0 bridgehead atoms. The molecule has 1 saturated heterocycles. The van der Waals surface area contributed by atoms with Gasteiger partial charge >= 0.3 is 11.7 Å². The van der Waals surface area contributed by atoms with Crippen molar-refractivity contribution in [1.29, 1.82) is 0 Å². The summed E-state index contributed by atoms with van der Waals surface area (Å²) >= 11 is 0. The molecule has 5 atom stereocenters. The highest BCUT2D eigenvalue weighted by atomic mass is 19.1. The minimum Gasteiger partial charge on any atom is -0.461 e. The zero-order valence-corrected chi connectivity index (χ0v) is 14.6. The number of esters is 1. The van der Waals surface area contributed by atoms with Crippen LogP contribution in [0.5, 0.6) is 0 Å². The number of nitrogens with zero attached hydrogens (tertiary/aromatic N) is 5. The molecule has 1 aromatic rings. The van der Waals surface area contributed by atoms with Crippen LogP contribution in [0.2, 0.25) is 0 Å². The van der Waals surface area contributed by atoms with Gasteiger partial charge in [-0.3, -0.25) is 9.36 Å². The van der Waals surface area contributed by atoms with Crippen molar-refractivity contribution in [2.75, 3.05) is 12.3 Å². The molecule has 0 amide bonds. The van der Waals surface area contributed by atoms with Gasteiger partial charge in [-0.2, -0.15) is 4.98 Å². The van der Waals surface area contributed by atoms with Crippen molar-refractivity contribution in [3.8, 4) is 0 Å². The average Bonchev–Trinajstić information content (AvgIpc) is 2.85. The van der Waals surface area contributed by atoms with Crippen LogP contribution in [-0.4, -0.2) is 51.3 Å². The van der Waals surface area contributed by atoms with Gasteiger partial charge in [0.15, 0.2) is 12.4 Å². The maximum absolute atomic E-state index is 14.6. The molecule has 2 rings (SSSR count). The third-order valence-corrected chi connectivity index (χ3v) is 4.11. The Morgan fingerprint density at radius 2 is 2.33 bits per heavy atom. The van der Waals surface area contributed by atoms with Crippen LogP contribution in [0.25, 0.3) is 10.4 Å². The highest BCUT2D eigenvalue weighted by molar-refractivity contribution is 5.75. The highest BCUT2D eigenvalue weighted by Gasteiger charge is 2.57. The van der Waals surface area contributed by atoms with E-state index >= 15 is 0 Å². The van der Waals surface area contributed by atoms with Gasteiger partial charge in [-0.1, -0.05) is 19.0 Å². The summed E-state index contributed by atoms with van der Waals surface area (Å²) in [6.07, 6.45) is -4.77. The van der Waals surface area contributed by atoms with Gasteiger partial charge in [0.2, 0.25) is 5.72 Å². The summed E-state index contributed by atoms with van der Waals surface area (Å²) in [5, 5.41) is 13.5. The van der Waals surface area contributed by atoms with Gasteiger partial charge in [0.1, 0.15) is 24.6 Å². The van der Waals surface area contributed by atoms with Crippen molar-refractivity contribution in [1.82, 2.24) is 9.55 Å². The maximum atomic E-state index is 14.6. The van der Waals surface area contributed by atoms with E-state index in [0.29, 0.717) is 0 Å². The van der Waals surface area contributed by atoms with Crippen molar-refractivity contribution < 1.29 is 23.8 Å². The molecule has 5 N–H and O–H groups in total. The number of carbonyl (C=O) groups excluding carboxylic acids is 1. The molecular formula is C14H20FN7O5. The molecule has 0 aliphatic carbocycles. The Kier molecular flexibility index (Phi) is 6.01. The van der Waals surface area contributed by atoms with Crippen molar-refractivity contribution in [3.05, 3.63) is 33.2 Å². The molecule has 0 saturated carbocycles. The lowest BCUT2D eigenvalue weighted by Gasteiger charge is -2.27. The van der Waals surface area contributed by atoms with Crippen molar-refractivity contribution >= 4 is 11.8 Å². The summed E-state index contributed by atoms with van der Waals surface area (Å²) in [7, 11) is 0. The molecule has 1 fully saturated rings. The van der Waals surface area contributed by atoms with Gasteiger partial charge in [0, 0.05) is 11.1 Å². The third-order valence-electron chi connectivity index (χ3n) is 4.11. The molecule has 1 aliphatic rings. The first-order chi connectivity index (χ1) is 12.6. The van der Waals surface area contributed by atoms with Gasteiger partial charge in [-0.25, -0.2) is 9.18 Å². The molecule has 1 aromatic heterocycles. The second-order valence-corrected chi connectivity index (χ2v) is 6.35. The number of aromatic nitrogens is 2. The van der Waals surface area contributed by atoms with Gasteiger partial charge < -0.3 is 26.0 Å². The zero-order chi connectivity index (χ0) is 20.4. The van der Waals surface area contributed by atoms with E-state index in [0.717, 1.165) is 10.8 Å². The number of anilines is 1. The summed E-state index contributed by atoms with van der Waals surface area (Å²) in [5.41, 5.74) is 16.6. The van der Waals surface area contributed by atoms with E-state index in [1.807, 2.05) is 0 Å². The minimum atomic E-state index is -2.29. The van der Waals surface area contributed by atoms with Crippen LogP contribution in [0.1, 0.15) is 20.1 Å². The standard InChI is InChI=1S/C14H20FN7O5/c1-6(2)9(17)12(24)26-5-14(20-21-18)10(23)8(15)11(27-14)22-4-3-7(16)19-13(22)25/h3-4,6,8-11,23H,5,17H2,1-2H3,(H2,16,19,25)/t8-,9?,10+,11-,14-/m1/s1. The van der Waals surface area contributed by atoms with Crippen LogP contribution in [0.15, 0.2) is 22.2 Å². The predicted octanol–water partition coefficient (Wildman–Crippen LogP) is -0.414. The molecule has 27 heavy (non-hydrogen) atoms. The number of aliphatic hydroxyl groups is 1. The number of nitrogen functional groups attached to an aromatic ring is 1. The molecule has 1 aliphatic heterocycles. The summed E-state index contributed by atoms with van der Waals surface area (Å²) in [6, 6.07) is 0.242. The van der Waals surface area contributed by atoms with Crippen LogP contribution in [0, 0.1) is 5.92 Å². The summed E-state index contributed by atoms with van der Waals surface area (Å²) in [6.45, 7) is 2.57. The number of hydrogen-bond acceptors (Lipinski definition) is 9.